The predicted molar refractivity (Wildman–Crippen MR) is 82.5 cm³/mol. The molecular formula is C14H10Cl2N2O3S. The first kappa shape index (κ1) is 15.2. The van der Waals surface area contributed by atoms with Crippen molar-refractivity contribution in [3.63, 3.8) is 0 Å². The summed E-state index contributed by atoms with van der Waals surface area (Å²) in [5, 5.41) is 10.1. The van der Waals surface area contributed by atoms with E-state index >= 15 is 0 Å². The zero-order valence-electron chi connectivity index (χ0n) is 11.1. The third kappa shape index (κ3) is 2.26. The second-order valence-electron chi connectivity index (χ2n) is 4.95. The molecule has 22 heavy (non-hydrogen) atoms. The number of hydrogen-bond donors (Lipinski definition) is 1. The average molecular weight is 357 g/mol. The van der Waals surface area contributed by atoms with E-state index in [9.17, 15) is 13.7 Å². The normalized spacial score (nSPS) is 23.0. The van der Waals surface area contributed by atoms with Gasteiger partial charge in [-0.05, 0) is 17.7 Å². The molecule has 1 aromatic rings. The average Bonchev–Trinajstić information content (AvgIpc) is 2.73. The van der Waals surface area contributed by atoms with Gasteiger partial charge in [0.05, 0.1) is 16.6 Å². The predicted octanol–water partition coefficient (Wildman–Crippen LogP) is 2.83. The zero-order chi connectivity index (χ0) is 16.1. The highest BCUT2D eigenvalue weighted by molar-refractivity contribution is 7.95. The van der Waals surface area contributed by atoms with Crippen LogP contribution >= 0.6 is 23.2 Å². The van der Waals surface area contributed by atoms with Gasteiger partial charge in [0.2, 0.25) is 5.88 Å². The minimum atomic E-state index is -3.52. The summed E-state index contributed by atoms with van der Waals surface area (Å²) >= 11 is 12.1. The minimum Gasteiger partial charge on any atom is -0.444 e. The molecule has 0 aromatic heterocycles. The lowest BCUT2D eigenvalue weighted by Gasteiger charge is -2.25. The van der Waals surface area contributed by atoms with Gasteiger partial charge in [-0.25, -0.2) is 8.42 Å². The van der Waals surface area contributed by atoms with Crippen LogP contribution in [0.3, 0.4) is 0 Å². The molecule has 8 heteroatoms. The molecule has 2 heterocycles. The summed E-state index contributed by atoms with van der Waals surface area (Å²) in [6.45, 7) is 0. The molecule has 2 aliphatic heterocycles. The van der Waals surface area contributed by atoms with Crippen LogP contribution in [-0.4, -0.2) is 14.2 Å². The molecule has 1 aromatic carbocycles. The number of ether oxygens (including phenoxy) is 1. The Labute approximate surface area is 137 Å². The Hall–Kier alpha value is -1.68. The monoisotopic (exact) mass is 356 g/mol. The van der Waals surface area contributed by atoms with Crippen molar-refractivity contribution in [1.82, 2.24) is 0 Å². The van der Waals surface area contributed by atoms with Crippen LogP contribution in [0.5, 0.6) is 0 Å². The van der Waals surface area contributed by atoms with E-state index in [-0.39, 0.29) is 39.3 Å². The van der Waals surface area contributed by atoms with E-state index in [1.54, 1.807) is 12.1 Å². The lowest BCUT2D eigenvalue weighted by Crippen LogP contribution is -2.22. The van der Waals surface area contributed by atoms with E-state index in [0.29, 0.717) is 10.6 Å². The Balaban J connectivity index is 2.28. The number of benzene rings is 1. The highest BCUT2D eigenvalue weighted by Crippen LogP contribution is 2.47. The van der Waals surface area contributed by atoms with Crippen molar-refractivity contribution in [2.45, 2.75) is 12.3 Å². The van der Waals surface area contributed by atoms with Crippen LogP contribution in [0.4, 0.5) is 0 Å². The molecule has 1 unspecified atom stereocenters. The number of hydrogen-bond acceptors (Lipinski definition) is 5. The Morgan fingerprint density at radius 2 is 2.09 bits per heavy atom. The fourth-order valence-electron chi connectivity index (χ4n) is 2.69. The van der Waals surface area contributed by atoms with Crippen LogP contribution in [0.2, 0.25) is 10.0 Å². The second-order valence-corrected chi connectivity index (χ2v) is 7.87. The van der Waals surface area contributed by atoms with Gasteiger partial charge in [-0.1, -0.05) is 29.3 Å². The van der Waals surface area contributed by atoms with E-state index in [1.165, 1.54) is 6.07 Å². The Kier molecular flexibility index (Phi) is 3.60. The Bertz CT molecular complexity index is 882. The zero-order valence-corrected chi connectivity index (χ0v) is 13.5. The highest BCUT2D eigenvalue weighted by Gasteiger charge is 2.44. The number of rotatable bonds is 1. The van der Waals surface area contributed by atoms with E-state index in [0.717, 1.165) is 0 Å². The largest absolute Gasteiger partial charge is 0.444 e. The van der Waals surface area contributed by atoms with Gasteiger partial charge in [0, 0.05) is 16.5 Å². The first-order valence-electron chi connectivity index (χ1n) is 6.33. The minimum absolute atomic E-state index is 0.0356. The van der Waals surface area contributed by atoms with E-state index in [2.05, 4.69) is 0 Å². The topological polar surface area (TPSA) is 93.2 Å². The van der Waals surface area contributed by atoms with E-state index in [4.69, 9.17) is 33.7 Å². The molecule has 0 saturated heterocycles. The lowest BCUT2D eigenvalue weighted by molar-refractivity contribution is 0.276. The number of nitriles is 1. The Morgan fingerprint density at radius 1 is 1.36 bits per heavy atom. The van der Waals surface area contributed by atoms with Crippen LogP contribution in [0.25, 0.3) is 0 Å². The van der Waals surface area contributed by atoms with Crippen LogP contribution < -0.4 is 5.73 Å². The molecule has 114 valence electrons. The third-order valence-electron chi connectivity index (χ3n) is 3.65. The number of allylic oxidation sites excluding steroid dienone is 3. The molecule has 5 nitrogen and oxygen atoms in total. The first-order valence-corrected chi connectivity index (χ1v) is 8.74. The fraction of sp³-hybridized carbons (Fsp3) is 0.214. The number of nitrogens with zero attached hydrogens (tertiary/aromatic N) is 1. The lowest BCUT2D eigenvalue weighted by atomic mass is 9.89. The highest BCUT2D eigenvalue weighted by atomic mass is 35.5. The van der Waals surface area contributed by atoms with Gasteiger partial charge in [0.15, 0.2) is 9.84 Å². The summed E-state index contributed by atoms with van der Waals surface area (Å²) in [5.41, 5.74) is 6.28. The number of sulfone groups is 1. The van der Waals surface area contributed by atoms with Gasteiger partial charge in [0.25, 0.3) is 0 Å². The van der Waals surface area contributed by atoms with Gasteiger partial charge in [0.1, 0.15) is 17.4 Å². The van der Waals surface area contributed by atoms with Crippen LogP contribution in [-0.2, 0) is 14.6 Å². The van der Waals surface area contributed by atoms with Gasteiger partial charge >= 0.3 is 0 Å². The number of nitrogens with two attached hydrogens (primary N) is 1. The van der Waals surface area contributed by atoms with Crippen LogP contribution in [0.1, 0.15) is 17.9 Å². The smallest absolute Gasteiger partial charge is 0.205 e. The van der Waals surface area contributed by atoms with Gasteiger partial charge < -0.3 is 10.5 Å². The molecule has 3 rings (SSSR count). The molecule has 2 aliphatic rings. The molecule has 1 atom stereocenters. The standard InChI is InChI=1S/C14H10Cl2N2O3S/c15-7-1-2-8(10(16)5-7)12-9(6-17)14(18)21-11-3-4-22(19,20)13(11)12/h1-2,5,12H,3-4,18H2. The molecule has 0 saturated carbocycles. The molecular weight excluding hydrogens is 347 g/mol. The van der Waals surface area contributed by atoms with Crippen molar-refractivity contribution < 1.29 is 13.2 Å². The molecule has 0 radical (unpaired) electrons. The maximum Gasteiger partial charge on any atom is 0.205 e. The molecule has 2 N–H and O–H groups in total. The second kappa shape index (κ2) is 5.20. The van der Waals surface area contributed by atoms with Gasteiger partial charge in [-0.3, -0.25) is 0 Å². The fourth-order valence-corrected chi connectivity index (χ4v) is 4.97. The van der Waals surface area contributed by atoms with Crippen molar-refractivity contribution in [1.29, 1.82) is 5.26 Å². The maximum absolute atomic E-state index is 12.3. The molecule has 0 bridgehead atoms. The summed E-state index contributed by atoms with van der Waals surface area (Å²) < 4.78 is 30.0. The maximum atomic E-state index is 12.3. The van der Waals surface area contributed by atoms with Gasteiger partial charge in [-0.15, -0.1) is 0 Å². The first-order chi connectivity index (χ1) is 10.3. The summed E-state index contributed by atoms with van der Waals surface area (Å²) in [6.07, 6.45) is 0.235. The molecule has 0 fully saturated rings. The SMILES string of the molecule is N#CC1=C(N)OC2=C(C1c1ccc(Cl)cc1Cl)S(=O)(=O)CC2. The van der Waals surface area contributed by atoms with Crippen molar-refractivity contribution in [2.75, 3.05) is 5.75 Å². The van der Waals surface area contributed by atoms with Crippen LogP contribution in [0.15, 0.2) is 40.3 Å². The number of halogens is 2. The van der Waals surface area contributed by atoms with Crippen molar-refractivity contribution in [3.05, 3.63) is 55.9 Å². The van der Waals surface area contributed by atoms with E-state index in [1.807, 2.05) is 6.07 Å². The van der Waals surface area contributed by atoms with Crippen molar-refractivity contribution >= 4 is 33.0 Å². The summed E-state index contributed by atoms with van der Waals surface area (Å²) in [6, 6.07) is 6.62. The third-order valence-corrected chi connectivity index (χ3v) is 6.09. The van der Waals surface area contributed by atoms with Crippen molar-refractivity contribution in [2.24, 2.45) is 5.73 Å². The molecule has 0 amide bonds. The molecule has 0 aliphatic carbocycles. The van der Waals surface area contributed by atoms with Crippen LogP contribution in [0, 0.1) is 11.3 Å². The van der Waals surface area contributed by atoms with Gasteiger partial charge in [-0.2, -0.15) is 5.26 Å². The summed E-state index contributed by atoms with van der Waals surface area (Å²) in [5.74, 6) is -0.723. The van der Waals surface area contributed by atoms with E-state index < -0.39 is 15.8 Å². The Morgan fingerprint density at radius 3 is 2.73 bits per heavy atom. The van der Waals surface area contributed by atoms with Crippen molar-refractivity contribution in [3.8, 4) is 6.07 Å². The molecule has 0 spiro atoms. The summed E-state index contributed by atoms with van der Waals surface area (Å²) in [7, 11) is -3.52. The summed E-state index contributed by atoms with van der Waals surface area (Å²) in [4.78, 5) is 0.0717. The quantitative estimate of drug-likeness (QED) is 0.834.